The summed E-state index contributed by atoms with van der Waals surface area (Å²) >= 11 is 0. The van der Waals surface area contributed by atoms with Crippen LogP contribution in [0.4, 0.5) is 0 Å². The van der Waals surface area contributed by atoms with Crippen LogP contribution < -0.4 is 14.2 Å². The molecule has 0 bridgehead atoms. The van der Waals surface area contributed by atoms with Gasteiger partial charge in [0.05, 0.1) is 12.0 Å². The lowest BCUT2D eigenvalue weighted by Gasteiger charge is -2.28. The summed E-state index contributed by atoms with van der Waals surface area (Å²) in [4.78, 5) is 0.317. The number of rotatable bonds is 3. The average molecular weight is 361 g/mol. The smallest absolute Gasteiger partial charge is 0.243 e. The first-order chi connectivity index (χ1) is 12.0. The second-order valence-corrected chi connectivity index (χ2v) is 8.10. The van der Waals surface area contributed by atoms with Gasteiger partial charge in [0.1, 0.15) is 5.75 Å². The fourth-order valence-electron chi connectivity index (χ4n) is 3.30. The van der Waals surface area contributed by atoms with Crippen molar-refractivity contribution in [2.45, 2.75) is 24.8 Å². The van der Waals surface area contributed by atoms with E-state index in [0.29, 0.717) is 41.5 Å². The molecule has 0 saturated carbocycles. The summed E-state index contributed by atoms with van der Waals surface area (Å²) in [5.41, 5.74) is 2.75. The van der Waals surface area contributed by atoms with Gasteiger partial charge in [0, 0.05) is 13.1 Å². The molecule has 2 aliphatic heterocycles. The Hall–Kier alpha value is -2.25. The second kappa shape index (κ2) is 5.93. The van der Waals surface area contributed by atoms with Crippen molar-refractivity contribution in [1.29, 1.82) is 0 Å². The topological polar surface area (TPSA) is 65.1 Å². The quantitative estimate of drug-likeness (QED) is 0.840. The van der Waals surface area contributed by atoms with Gasteiger partial charge in [-0.15, -0.1) is 0 Å². The largest absolute Gasteiger partial charge is 0.497 e. The molecule has 0 N–H and O–H groups in total. The van der Waals surface area contributed by atoms with Crippen LogP contribution >= 0.6 is 0 Å². The van der Waals surface area contributed by atoms with Gasteiger partial charge in [0.2, 0.25) is 16.8 Å². The third-order valence-electron chi connectivity index (χ3n) is 4.67. The summed E-state index contributed by atoms with van der Waals surface area (Å²) in [6.07, 6.45) is 0.653. The van der Waals surface area contributed by atoms with E-state index in [1.165, 1.54) is 4.31 Å². The van der Waals surface area contributed by atoms with Gasteiger partial charge in [-0.1, -0.05) is 0 Å². The number of methoxy groups -OCH3 is 1. The van der Waals surface area contributed by atoms with Gasteiger partial charge in [-0.3, -0.25) is 0 Å². The molecule has 25 heavy (non-hydrogen) atoms. The van der Waals surface area contributed by atoms with Crippen LogP contribution in [0.25, 0.3) is 0 Å². The summed E-state index contributed by atoms with van der Waals surface area (Å²) in [6.45, 7) is 2.77. The van der Waals surface area contributed by atoms with Crippen molar-refractivity contribution in [3.05, 3.63) is 47.0 Å². The van der Waals surface area contributed by atoms with E-state index < -0.39 is 10.0 Å². The van der Waals surface area contributed by atoms with Crippen molar-refractivity contribution in [3.8, 4) is 17.2 Å². The maximum absolute atomic E-state index is 13.1. The van der Waals surface area contributed by atoms with Crippen LogP contribution in [0.1, 0.15) is 16.7 Å². The standard InChI is InChI=1S/C18H19NO5S/c1-12-7-15(22-2)3-4-18(12)25(20,21)19-6-5-13-8-16-17(24-11-23-16)9-14(13)10-19/h3-4,7-9H,5-6,10-11H2,1-2H3. The zero-order chi connectivity index (χ0) is 17.6. The molecule has 132 valence electrons. The van der Waals surface area contributed by atoms with Crippen molar-refractivity contribution in [2.24, 2.45) is 0 Å². The Balaban J connectivity index is 1.66. The van der Waals surface area contributed by atoms with Gasteiger partial charge in [-0.05, 0) is 60.4 Å². The summed E-state index contributed by atoms with van der Waals surface area (Å²) in [5, 5.41) is 0. The van der Waals surface area contributed by atoms with E-state index in [1.54, 1.807) is 32.2 Å². The van der Waals surface area contributed by atoms with E-state index in [-0.39, 0.29) is 6.79 Å². The van der Waals surface area contributed by atoms with Crippen molar-refractivity contribution >= 4 is 10.0 Å². The van der Waals surface area contributed by atoms with Crippen molar-refractivity contribution in [2.75, 3.05) is 20.4 Å². The van der Waals surface area contributed by atoms with Crippen molar-refractivity contribution in [3.63, 3.8) is 0 Å². The maximum Gasteiger partial charge on any atom is 0.243 e. The van der Waals surface area contributed by atoms with Crippen LogP contribution in [0.3, 0.4) is 0 Å². The lowest BCUT2D eigenvalue weighted by molar-refractivity contribution is 0.174. The molecular formula is C18H19NO5S. The minimum Gasteiger partial charge on any atom is -0.497 e. The SMILES string of the molecule is COc1ccc(S(=O)(=O)N2CCc3cc4c(cc3C2)OCO4)c(C)c1. The van der Waals surface area contributed by atoms with Crippen LogP contribution in [0.5, 0.6) is 17.2 Å². The minimum atomic E-state index is -3.57. The predicted octanol–water partition coefficient (Wildman–Crippen LogP) is 2.48. The van der Waals surface area contributed by atoms with Gasteiger partial charge in [-0.2, -0.15) is 4.31 Å². The maximum atomic E-state index is 13.1. The molecule has 2 aromatic carbocycles. The molecule has 0 aliphatic carbocycles. The summed E-state index contributed by atoms with van der Waals surface area (Å²) in [7, 11) is -2.00. The van der Waals surface area contributed by atoms with Crippen LogP contribution in [0.15, 0.2) is 35.2 Å². The number of aryl methyl sites for hydroxylation is 1. The third-order valence-corrected chi connectivity index (χ3v) is 6.68. The molecule has 0 fully saturated rings. The molecule has 0 atom stereocenters. The first kappa shape index (κ1) is 16.2. The highest BCUT2D eigenvalue weighted by Gasteiger charge is 2.31. The molecular weight excluding hydrogens is 342 g/mol. The Morgan fingerprint density at radius 1 is 1.08 bits per heavy atom. The van der Waals surface area contributed by atoms with Gasteiger partial charge in [0.25, 0.3) is 0 Å². The first-order valence-corrected chi connectivity index (χ1v) is 9.49. The van der Waals surface area contributed by atoms with E-state index in [2.05, 4.69) is 0 Å². The molecule has 0 spiro atoms. The van der Waals surface area contributed by atoms with E-state index in [4.69, 9.17) is 14.2 Å². The normalized spacial score (nSPS) is 16.6. The fourth-order valence-corrected chi connectivity index (χ4v) is 4.93. The monoisotopic (exact) mass is 361 g/mol. The molecule has 2 heterocycles. The zero-order valence-corrected chi connectivity index (χ0v) is 14.9. The van der Waals surface area contributed by atoms with Gasteiger partial charge in [-0.25, -0.2) is 8.42 Å². The van der Waals surface area contributed by atoms with Gasteiger partial charge >= 0.3 is 0 Å². The number of benzene rings is 2. The molecule has 2 aliphatic rings. The van der Waals surface area contributed by atoms with Crippen LogP contribution in [0.2, 0.25) is 0 Å². The third kappa shape index (κ3) is 2.73. The van der Waals surface area contributed by atoms with E-state index in [9.17, 15) is 8.42 Å². The molecule has 0 unspecified atom stereocenters. The number of fused-ring (bicyclic) bond motifs is 2. The molecule has 0 aromatic heterocycles. The Kier molecular flexibility index (Phi) is 3.85. The Morgan fingerprint density at radius 3 is 2.48 bits per heavy atom. The number of ether oxygens (including phenoxy) is 3. The molecule has 2 aromatic rings. The molecule has 7 heteroatoms. The summed E-state index contributed by atoms with van der Waals surface area (Å²) in [5.74, 6) is 2.06. The lowest BCUT2D eigenvalue weighted by Crippen LogP contribution is -2.36. The number of hydrogen-bond donors (Lipinski definition) is 0. The van der Waals surface area contributed by atoms with Crippen LogP contribution in [0, 0.1) is 6.92 Å². The zero-order valence-electron chi connectivity index (χ0n) is 14.1. The number of nitrogens with zero attached hydrogens (tertiary/aromatic N) is 1. The van der Waals surface area contributed by atoms with Crippen LogP contribution in [-0.4, -0.2) is 33.2 Å². The summed E-state index contributed by atoms with van der Waals surface area (Å²) < 4.78 is 43.7. The van der Waals surface area contributed by atoms with E-state index in [0.717, 1.165) is 16.9 Å². The summed E-state index contributed by atoms with van der Waals surface area (Å²) in [6, 6.07) is 8.87. The molecule has 6 nitrogen and oxygen atoms in total. The Labute approximate surface area is 147 Å². The predicted molar refractivity (Wildman–Crippen MR) is 91.6 cm³/mol. The highest BCUT2D eigenvalue weighted by molar-refractivity contribution is 7.89. The second-order valence-electron chi connectivity index (χ2n) is 6.19. The molecule has 0 radical (unpaired) electrons. The molecule has 4 rings (SSSR count). The Morgan fingerprint density at radius 2 is 1.80 bits per heavy atom. The highest BCUT2D eigenvalue weighted by Crippen LogP contribution is 2.37. The van der Waals surface area contributed by atoms with Gasteiger partial charge < -0.3 is 14.2 Å². The van der Waals surface area contributed by atoms with E-state index >= 15 is 0 Å². The minimum absolute atomic E-state index is 0.214. The number of hydrogen-bond acceptors (Lipinski definition) is 5. The van der Waals surface area contributed by atoms with Gasteiger partial charge in [0.15, 0.2) is 11.5 Å². The van der Waals surface area contributed by atoms with E-state index in [1.807, 2.05) is 12.1 Å². The lowest BCUT2D eigenvalue weighted by atomic mass is 10.0. The van der Waals surface area contributed by atoms with Crippen molar-refractivity contribution in [1.82, 2.24) is 4.31 Å². The fraction of sp³-hybridized carbons (Fsp3) is 0.333. The molecule has 0 saturated heterocycles. The van der Waals surface area contributed by atoms with Crippen LogP contribution in [-0.2, 0) is 23.0 Å². The highest BCUT2D eigenvalue weighted by atomic mass is 32.2. The first-order valence-electron chi connectivity index (χ1n) is 8.05. The number of sulfonamides is 1. The molecule has 0 amide bonds. The Bertz CT molecular complexity index is 939. The average Bonchev–Trinajstić information content (AvgIpc) is 3.05. The van der Waals surface area contributed by atoms with Crippen molar-refractivity contribution < 1.29 is 22.6 Å².